The maximum atomic E-state index is 12.9. The molecular weight excluding hydrogens is 419 g/mol. The second-order valence-electron chi connectivity index (χ2n) is 8.00. The van der Waals surface area contributed by atoms with E-state index >= 15 is 0 Å². The van der Waals surface area contributed by atoms with Crippen LogP contribution >= 0.6 is 0 Å². The van der Waals surface area contributed by atoms with Crippen molar-refractivity contribution in [2.75, 3.05) is 32.5 Å². The summed E-state index contributed by atoms with van der Waals surface area (Å²) in [7, 11) is -3.15. The average molecular weight is 449 g/mol. The van der Waals surface area contributed by atoms with E-state index in [4.69, 9.17) is 4.74 Å². The molecule has 0 unspecified atom stereocenters. The van der Waals surface area contributed by atoms with Gasteiger partial charge in [0.1, 0.15) is 11.6 Å². The fourth-order valence-electron chi connectivity index (χ4n) is 3.71. The lowest BCUT2D eigenvalue weighted by Gasteiger charge is -2.32. The van der Waals surface area contributed by atoms with Gasteiger partial charge in [0, 0.05) is 19.6 Å². The highest BCUT2D eigenvalue weighted by atomic mass is 32.2. The number of carbonyl (C=O) groups excluding carboxylic acids is 1. The van der Waals surface area contributed by atoms with Crippen molar-refractivity contribution in [1.29, 1.82) is 0 Å². The molecule has 1 fully saturated rings. The Labute approximate surface area is 183 Å². The molecule has 168 valence electrons. The number of hydrogen-bond acceptors (Lipinski definition) is 4. The van der Waals surface area contributed by atoms with Gasteiger partial charge in [-0.1, -0.05) is 24.3 Å². The van der Waals surface area contributed by atoms with Gasteiger partial charge in [0.15, 0.2) is 6.61 Å². The number of benzene rings is 2. The van der Waals surface area contributed by atoms with Crippen LogP contribution in [0.15, 0.2) is 48.5 Å². The highest BCUT2D eigenvalue weighted by Crippen LogP contribution is 2.22. The fourth-order valence-corrected chi connectivity index (χ4v) is 4.18. The molecule has 1 saturated heterocycles. The summed E-state index contributed by atoms with van der Waals surface area (Å²) in [4.78, 5) is 14.2. The van der Waals surface area contributed by atoms with Crippen molar-refractivity contribution in [2.45, 2.75) is 25.7 Å². The van der Waals surface area contributed by atoms with Gasteiger partial charge in [-0.2, -0.15) is 0 Å². The number of nitrogens with one attached hydrogen (secondary N) is 1. The molecule has 0 saturated carbocycles. The molecule has 6 nitrogen and oxygen atoms in total. The summed E-state index contributed by atoms with van der Waals surface area (Å²) in [6, 6.07) is 13.9. The highest BCUT2D eigenvalue weighted by Gasteiger charge is 2.23. The van der Waals surface area contributed by atoms with Gasteiger partial charge in [-0.25, -0.2) is 17.5 Å². The molecule has 31 heavy (non-hydrogen) atoms. The molecule has 3 rings (SSSR count). The van der Waals surface area contributed by atoms with Crippen LogP contribution in [0.25, 0.3) is 0 Å². The average Bonchev–Trinajstić information content (AvgIpc) is 2.74. The zero-order valence-corrected chi connectivity index (χ0v) is 18.5. The molecular formula is C23H29FN2O4S. The van der Waals surface area contributed by atoms with E-state index in [-0.39, 0.29) is 18.3 Å². The fraction of sp³-hybridized carbons (Fsp3) is 0.435. The van der Waals surface area contributed by atoms with Crippen LogP contribution < -0.4 is 9.46 Å². The number of piperidine rings is 1. The maximum absolute atomic E-state index is 12.9. The number of rotatable bonds is 9. The van der Waals surface area contributed by atoms with Crippen LogP contribution in [0, 0.1) is 11.7 Å². The highest BCUT2D eigenvalue weighted by molar-refractivity contribution is 7.88. The number of carbonyl (C=O) groups is 1. The Hall–Kier alpha value is -2.45. The van der Waals surface area contributed by atoms with Crippen molar-refractivity contribution in [1.82, 2.24) is 9.62 Å². The van der Waals surface area contributed by atoms with Gasteiger partial charge in [0.05, 0.1) is 6.26 Å². The van der Waals surface area contributed by atoms with Crippen molar-refractivity contribution in [3.8, 4) is 5.75 Å². The van der Waals surface area contributed by atoms with Crippen molar-refractivity contribution >= 4 is 15.9 Å². The summed E-state index contributed by atoms with van der Waals surface area (Å²) in [6.07, 6.45) is 4.68. The van der Waals surface area contributed by atoms with E-state index in [1.54, 1.807) is 0 Å². The lowest BCUT2D eigenvalue weighted by molar-refractivity contribution is -0.134. The largest absolute Gasteiger partial charge is 0.484 e. The SMILES string of the molecule is CS(=O)(=O)NCCc1ccc(CC2CCN(C(=O)COc3ccc(F)cc3)CC2)cc1. The maximum Gasteiger partial charge on any atom is 0.260 e. The van der Waals surface area contributed by atoms with Gasteiger partial charge in [-0.05, 0) is 67.0 Å². The topological polar surface area (TPSA) is 75.7 Å². The molecule has 1 aliphatic heterocycles. The molecule has 1 N–H and O–H groups in total. The zero-order valence-electron chi connectivity index (χ0n) is 17.7. The lowest BCUT2D eigenvalue weighted by atomic mass is 9.90. The van der Waals surface area contributed by atoms with E-state index < -0.39 is 10.0 Å². The van der Waals surface area contributed by atoms with Crippen LogP contribution in [-0.4, -0.2) is 51.7 Å². The van der Waals surface area contributed by atoms with Gasteiger partial charge in [-0.15, -0.1) is 0 Å². The van der Waals surface area contributed by atoms with Gasteiger partial charge in [0.2, 0.25) is 10.0 Å². The van der Waals surface area contributed by atoms with Crippen LogP contribution in [-0.2, 0) is 27.7 Å². The first kappa shape index (κ1) is 23.2. The van der Waals surface area contributed by atoms with Crippen molar-refractivity contribution in [3.05, 3.63) is 65.5 Å². The lowest BCUT2D eigenvalue weighted by Crippen LogP contribution is -2.41. The third-order valence-corrected chi connectivity index (χ3v) is 6.20. The molecule has 0 aliphatic carbocycles. The first-order valence-electron chi connectivity index (χ1n) is 10.5. The van der Waals surface area contributed by atoms with Crippen molar-refractivity contribution in [2.24, 2.45) is 5.92 Å². The second kappa shape index (κ2) is 10.7. The number of nitrogens with zero attached hydrogens (tertiary/aromatic N) is 1. The van der Waals surface area contributed by atoms with Crippen LogP contribution in [0.1, 0.15) is 24.0 Å². The number of likely N-dealkylation sites (tertiary alicyclic amines) is 1. The van der Waals surface area contributed by atoms with Gasteiger partial charge < -0.3 is 9.64 Å². The summed E-state index contributed by atoms with van der Waals surface area (Å²) in [5, 5.41) is 0. The van der Waals surface area contributed by atoms with Crippen LogP contribution in [0.4, 0.5) is 4.39 Å². The standard InChI is InChI=1S/C23H29FN2O4S/c1-31(28,29)25-13-10-18-2-4-19(5-3-18)16-20-11-14-26(15-12-20)23(27)17-30-22-8-6-21(24)7-9-22/h2-9,20,25H,10-17H2,1H3. The minimum absolute atomic E-state index is 0.0358. The number of hydrogen-bond donors (Lipinski definition) is 1. The zero-order chi connectivity index (χ0) is 22.3. The smallest absolute Gasteiger partial charge is 0.260 e. The number of amides is 1. The molecule has 8 heteroatoms. The molecule has 2 aromatic carbocycles. The first-order chi connectivity index (χ1) is 14.8. The van der Waals surface area contributed by atoms with E-state index in [1.165, 1.54) is 29.8 Å². The minimum atomic E-state index is -3.15. The predicted molar refractivity (Wildman–Crippen MR) is 118 cm³/mol. The van der Waals surface area contributed by atoms with E-state index in [1.807, 2.05) is 17.0 Å². The van der Waals surface area contributed by atoms with E-state index in [0.717, 1.165) is 31.1 Å². The summed E-state index contributed by atoms with van der Waals surface area (Å²) in [5.74, 6) is 0.633. The van der Waals surface area contributed by atoms with Crippen LogP contribution in [0.5, 0.6) is 5.75 Å². The Morgan fingerprint density at radius 1 is 1.06 bits per heavy atom. The van der Waals surface area contributed by atoms with Crippen LogP contribution in [0.3, 0.4) is 0 Å². The molecule has 0 aromatic heterocycles. The quantitative estimate of drug-likeness (QED) is 0.640. The number of halogens is 1. The molecule has 1 aliphatic rings. The Balaban J connectivity index is 1.38. The normalized spacial score (nSPS) is 15.1. The summed E-state index contributed by atoms with van der Waals surface area (Å²) in [5.41, 5.74) is 2.35. The van der Waals surface area contributed by atoms with Gasteiger partial charge in [-0.3, -0.25) is 4.79 Å². The third kappa shape index (κ3) is 7.95. The second-order valence-corrected chi connectivity index (χ2v) is 9.84. The van der Waals surface area contributed by atoms with Crippen LogP contribution in [0.2, 0.25) is 0 Å². The molecule has 0 bridgehead atoms. The molecule has 0 atom stereocenters. The summed E-state index contributed by atoms with van der Waals surface area (Å²) < 4.78 is 43.1. The Kier molecular flexibility index (Phi) is 8.03. The monoisotopic (exact) mass is 448 g/mol. The van der Waals surface area contributed by atoms with Gasteiger partial charge >= 0.3 is 0 Å². The molecule has 1 heterocycles. The van der Waals surface area contributed by atoms with Gasteiger partial charge in [0.25, 0.3) is 5.91 Å². The van der Waals surface area contributed by atoms with Crippen molar-refractivity contribution < 1.29 is 22.3 Å². The predicted octanol–water partition coefficient (Wildman–Crippen LogP) is 2.78. The Morgan fingerprint density at radius 2 is 1.68 bits per heavy atom. The minimum Gasteiger partial charge on any atom is -0.484 e. The van der Waals surface area contributed by atoms with E-state index in [0.29, 0.717) is 37.7 Å². The van der Waals surface area contributed by atoms with E-state index in [9.17, 15) is 17.6 Å². The van der Waals surface area contributed by atoms with Crippen molar-refractivity contribution in [3.63, 3.8) is 0 Å². The molecule has 0 spiro atoms. The molecule has 2 aromatic rings. The Bertz CT molecular complexity index is 954. The summed E-state index contributed by atoms with van der Waals surface area (Å²) >= 11 is 0. The first-order valence-corrected chi connectivity index (χ1v) is 12.4. The van der Waals surface area contributed by atoms with E-state index in [2.05, 4.69) is 16.9 Å². The Morgan fingerprint density at radius 3 is 2.29 bits per heavy atom. The number of sulfonamides is 1. The number of ether oxygens (including phenoxy) is 1. The third-order valence-electron chi connectivity index (χ3n) is 5.47. The molecule has 0 radical (unpaired) electrons. The molecule has 1 amide bonds. The summed E-state index contributed by atoms with van der Waals surface area (Å²) in [6.45, 7) is 1.79.